The maximum absolute atomic E-state index is 13.0. The number of nitrogens with one attached hydrogen (secondary N) is 1. The average Bonchev–Trinajstić information content (AvgIpc) is 3.25. The topological polar surface area (TPSA) is 145 Å². The fourth-order valence-corrected chi connectivity index (χ4v) is 3.73. The molecular weight excluding hydrogens is 480 g/mol. The van der Waals surface area contributed by atoms with Crippen molar-refractivity contribution in [3.05, 3.63) is 74.9 Å². The Kier molecular flexibility index (Phi) is 7.58. The lowest BCUT2D eigenvalue weighted by molar-refractivity contribution is 0.0938. The number of aliphatic hydroxyl groups is 1. The van der Waals surface area contributed by atoms with E-state index < -0.39 is 17.4 Å². The fourth-order valence-electron chi connectivity index (χ4n) is 3.73. The van der Waals surface area contributed by atoms with Gasteiger partial charge >= 0.3 is 5.69 Å². The first-order valence-corrected chi connectivity index (χ1v) is 11.6. The van der Waals surface area contributed by atoms with E-state index in [1.54, 1.807) is 24.3 Å². The summed E-state index contributed by atoms with van der Waals surface area (Å²) in [7, 11) is 2.89. The predicted octanol–water partition coefficient (Wildman–Crippen LogP) is 1.42. The summed E-state index contributed by atoms with van der Waals surface area (Å²) >= 11 is 0. The molecule has 1 atom stereocenters. The van der Waals surface area contributed by atoms with Crippen molar-refractivity contribution in [1.82, 2.24) is 18.7 Å². The van der Waals surface area contributed by atoms with Crippen LogP contribution in [0.2, 0.25) is 0 Å². The monoisotopic (exact) mass is 508 g/mol. The number of phenolic OH excluding ortho intramolecular Hbond substituents is 1. The van der Waals surface area contributed by atoms with E-state index in [-0.39, 0.29) is 36.0 Å². The Hall–Kier alpha value is -4.58. The Morgan fingerprint density at radius 2 is 1.86 bits per heavy atom. The number of imidazole rings is 1. The lowest BCUT2D eigenvalue weighted by Gasteiger charge is -2.15. The number of nitrogens with zero attached hydrogens (tertiary/aromatic N) is 5. The largest absolute Gasteiger partial charge is 0.504 e. The number of fused-ring (bicyclic) bond motifs is 1. The van der Waals surface area contributed by atoms with E-state index in [1.165, 1.54) is 35.5 Å². The second-order valence-electron chi connectivity index (χ2n) is 8.23. The van der Waals surface area contributed by atoms with Crippen molar-refractivity contribution in [2.75, 3.05) is 18.6 Å². The Balaban J connectivity index is 1.65. The quantitative estimate of drug-likeness (QED) is 0.215. The van der Waals surface area contributed by atoms with Crippen LogP contribution in [0.4, 0.5) is 5.95 Å². The number of hydrogen-bond donors (Lipinski definition) is 3. The van der Waals surface area contributed by atoms with E-state index in [2.05, 4.69) is 15.5 Å². The Morgan fingerprint density at radius 3 is 2.59 bits per heavy atom. The molecule has 0 aliphatic heterocycles. The minimum Gasteiger partial charge on any atom is -0.504 e. The van der Waals surface area contributed by atoms with Crippen molar-refractivity contribution >= 4 is 23.3 Å². The molecule has 0 amide bonds. The molecule has 4 rings (SSSR count). The smallest absolute Gasteiger partial charge is 0.332 e. The zero-order chi connectivity index (χ0) is 26.5. The number of benzene rings is 2. The zero-order valence-electron chi connectivity index (χ0n) is 20.7. The lowest BCUT2D eigenvalue weighted by atomic mass is 10.2. The molecule has 12 heteroatoms. The standard InChI is InChI=1S/C25H28N6O6/c1-4-36-20-12-16(10-11-19(20)33)13-26-28-24-27-22-21(23(34)30(3)25(35)29(22)2)31(24)14-17(32)15-37-18-8-6-5-7-9-18/h5-13,17,32-33H,4,14-15H2,1-3H3,(H,27,28)/b26-13+. The SMILES string of the molecule is CCOc1cc(/C=N/Nc2nc3c(c(=O)n(C)c(=O)n3C)n2CC(O)COc2ccccc2)ccc1O. The van der Waals surface area contributed by atoms with Crippen molar-refractivity contribution < 1.29 is 19.7 Å². The van der Waals surface area contributed by atoms with Gasteiger partial charge in [0.1, 0.15) is 18.5 Å². The number of rotatable bonds is 10. The van der Waals surface area contributed by atoms with E-state index in [0.29, 0.717) is 23.7 Å². The first-order chi connectivity index (χ1) is 17.8. The number of aryl methyl sites for hydroxylation is 1. The van der Waals surface area contributed by atoms with Gasteiger partial charge in [0.25, 0.3) is 5.56 Å². The van der Waals surface area contributed by atoms with E-state index in [0.717, 1.165) is 4.57 Å². The lowest BCUT2D eigenvalue weighted by Crippen LogP contribution is -2.38. The number of para-hydroxylation sites is 1. The molecule has 3 N–H and O–H groups in total. The van der Waals surface area contributed by atoms with Gasteiger partial charge in [-0.05, 0) is 42.8 Å². The van der Waals surface area contributed by atoms with Crippen molar-refractivity contribution in [2.24, 2.45) is 19.2 Å². The van der Waals surface area contributed by atoms with E-state index in [1.807, 2.05) is 25.1 Å². The van der Waals surface area contributed by atoms with E-state index in [4.69, 9.17) is 9.47 Å². The second kappa shape index (κ2) is 11.0. The van der Waals surface area contributed by atoms with E-state index in [9.17, 15) is 19.8 Å². The molecule has 0 saturated carbocycles. The summed E-state index contributed by atoms with van der Waals surface area (Å²) in [4.78, 5) is 29.8. The highest BCUT2D eigenvalue weighted by Crippen LogP contribution is 2.26. The van der Waals surface area contributed by atoms with Gasteiger partial charge in [-0.3, -0.25) is 13.9 Å². The van der Waals surface area contributed by atoms with Crippen LogP contribution in [0.25, 0.3) is 11.2 Å². The van der Waals surface area contributed by atoms with Gasteiger partial charge in [-0.25, -0.2) is 10.2 Å². The van der Waals surface area contributed by atoms with Gasteiger partial charge in [0.05, 0.1) is 19.4 Å². The van der Waals surface area contributed by atoms with Crippen LogP contribution in [0.5, 0.6) is 17.2 Å². The Morgan fingerprint density at radius 1 is 1.11 bits per heavy atom. The van der Waals surface area contributed by atoms with Crippen molar-refractivity contribution in [2.45, 2.75) is 19.6 Å². The van der Waals surface area contributed by atoms with Crippen LogP contribution in [0.3, 0.4) is 0 Å². The number of hydrazone groups is 1. The third-order valence-corrected chi connectivity index (χ3v) is 5.59. The molecule has 2 aromatic heterocycles. The summed E-state index contributed by atoms with van der Waals surface area (Å²) in [5.74, 6) is 1.07. The van der Waals surface area contributed by atoms with Gasteiger partial charge in [-0.15, -0.1) is 0 Å². The van der Waals surface area contributed by atoms with Gasteiger partial charge in [-0.1, -0.05) is 18.2 Å². The van der Waals surface area contributed by atoms with E-state index >= 15 is 0 Å². The van der Waals surface area contributed by atoms with Gasteiger partial charge < -0.3 is 24.3 Å². The maximum Gasteiger partial charge on any atom is 0.332 e. The van der Waals surface area contributed by atoms with Crippen LogP contribution in [0, 0.1) is 0 Å². The number of anilines is 1. The minimum absolute atomic E-state index is 0.0113. The molecule has 0 radical (unpaired) electrons. The molecule has 12 nitrogen and oxygen atoms in total. The molecule has 0 aliphatic rings. The van der Waals surface area contributed by atoms with Gasteiger partial charge in [0, 0.05) is 14.1 Å². The number of aromatic nitrogens is 4. The summed E-state index contributed by atoms with van der Waals surface area (Å²) in [5, 5.41) is 24.8. The molecule has 0 spiro atoms. The molecule has 0 saturated heterocycles. The zero-order valence-corrected chi connectivity index (χ0v) is 20.7. The third-order valence-electron chi connectivity index (χ3n) is 5.59. The fraction of sp³-hybridized carbons (Fsp3) is 0.280. The van der Waals surface area contributed by atoms with Gasteiger partial charge in [-0.2, -0.15) is 10.1 Å². The van der Waals surface area contributed by atoms with Crippen molar-refractivity contribution in [3.8, 4) is 17.2 Å². The first kappa shape index (κ1) is 25.5. The average molecular weight is 509 g/mol. The summed E-state index contributed by atoms with van der Waals surface area (Å²) in [6.07, 6.45) is 0.479. The molecule has 1 unspecified atom stereocenters. The second-order valence-corrected chi connectivity index (χ2v) is 8.23. The summed E-state index contributed by atoms with van der Waals surface area (Å²) < 4.78 is 14.7. The summed E-state index contributed by atoms with van der Waals surface area (Å²) in [6.45, 7) is 2.11. The van der Waals surface area contributed by atoms with Crippen LogP contribution in [-0.2, 0) is 20.6 Å². The number of ether oxygens (including phenoxy) is 2. The highest BCUT2D eigenvalue weighted by molar-refractivity contribution is 5.81. The Bertz CT molecular complexity index is 1540. The molecule has 0 bridgehead atoms. The highest BCUT2D eigenvalue weighted by Gasteiger charge is 2.21. The van der Waals surface area contributed by atoms with Gasteiger partial charge in [0.2, 0.25) is 5.95 Å². The molecule has 194 valence electrons. The molecule has 4 aromatic rings. The molecule has 0 aliphatic carbocycles. The first-order valence-electron chi connectivity index (χ1n) is 11.6. The summed E-state index contributed by atoms with van der Waals surface area (Å²) in [5.41, 5.74) is 2.61. The molecular formula is C25H28N6O6. The number of aromatic hydroxyl groups is 1. The molecule has 2 heterocycles. The Labute approximate surface area is 211 Å². The number of aliphatic hydroxyl groups excluding tert-OH is 1. The predicted molar refractivity (Wildman–Crippen MR) is 139 cm³/mol. The van der Waals surface area contributed by atoms with Crippen molar-refractivity contribution in [3.63, 3.8) is 0 Å². The molecule has 0 fully saturated rings. The number of hydrogen-bond acceptors (Lipinski definition) is 9. The maximum atomic E-state index is 13.0. The van der Waals surface area contributed by atoms with Crippen LogP contribution in [0.15, 0.2) is 63.2 Å². The molecule has 2 aromatic carbocycles. The van der Waals surface area contributed by atoms with Crippen LogP contribution in [0.1, 0.15) is 12.5 Å². The summed E-state index contributed by atoms with van der Waals surface area (Å²) in [6, 6.07) is 13.8. The molecule has 37 heavy (non-hydrogen) atoms. The number of phenols is 1. The van der Waals surface area contributed by atoms with Gasteiger partial charge in [0.15, 0.2) is 22.7 Å². The van der Waals surface area contributed by atoms with Crippen LogP contribution in [-0.4, -0.2) is 54.4 Å². The van der Waals surface area contributed by atoms with Crippen LogP contribution >= 0.6 is 0 Å². The van der Waals surface area contributed by atoms with Crippen molar-refractivity contribution in [1.29, 1.82) is 0 Å². The normalized spacial score (nSPS) is 12.2. The minimum atomic E-state index is -1.00. The highest BCUT2D eigenvalue weighted by atomic mass is 16.5. The third kappa shape index (κ3) is 5.48. The van der Waals surface area contributed by atoms with Crippen LogP contribution < -0.4 is 26.1 Å².